The van der Waals surface area contributed by atoms with E-state index in [9.17, 15) is 9.59 Å². The quantitative estimate of drug-likeness (QED) is 0.871. The summed E-state index contributed by atoms with van der Waals surface area (Å²) in [6.07, 6.45) is 0.322. The minimum Gasteiger partial charge on any atom is -0.486 e. The molecule has 0 fully saturated rings. The molecule has 1 amide bonds. The number of carbonyl (C=O) groups excluding carboxylic acids is 1. The second-order valence-electron chi connectivity index (χ2n) is 4.49. The van der Waals surface area contributed by atoms with Crippen molar-refractivity contribution >= 4 is 28.5 Å². The van der Waals surface area contributed by atoms with Gasteiger partial charge in [0.15, 0.2) is 5.76 Å². The van der Waals surface area contributed by atoms with E-state index in [0.29, 0.717) is 13.0 Å². The average Bonchev–Trinajstić information content (AvgIpc) is 2.53. The van der Waals surface area contributed by atoms with Crippen LogP contribution in [0.4, 0.5) is 0 Å². The van der Waals surface area contributed by atoms with Gasteiger partial charge in [-0.05, 0) is 12.0 Å². The van der Waals surface area contributed by atoms with Gasteiger partial charge in [0.1, 0.15) is 6.04 Å². The highest BCUT2D eigenvalue weighted by molar-refractivity contribution is 8.08. The monoisotopic (exact) mass is 307 g/mol. The molecule has 0 aliphatic carbocycles. The van der Waals surface area contributed by atoms with Crippen molar-refractivity contribution in [1.29, 1.82) is 0 Å². The van der Waals surface area contributed by atoms with Gasteiger partial charge in [-0.25, -0.2) is 4.79 Å². The van der Waals surface area contributed by atoms with E-state index in [2.05, 4.69) is 5.32 Å². The highest BCUT2D eigenvalue weighted by Gasteiger charge is 2.26. The predicted molar refractivity (Wildman–Crippen MR) is 81.6 cm³/mol. The molecule has 0 unspecified atom stereocenters. The van der Waals surface area contributed by atoms with Crippen molar-refractivity contribution < 1.29 is 19.4 Å². The Labute approximate surface area is 127 Å². The third kappa shape index (κ3) is 3.78. The predicted octanol–water partition coefficient (Wildman–Crippen LogP) is 2.10. The SMILES string of the molecule is CC[C@H](NC(=O)C1=C(c2ccccc2)SCCO1)C(=O)O. The van der Waals surface area contributed by atoms with Crippen molar-refractivity contribution in [2.75, 3.05) is 12.4 Å². The van der Waals surface area contributed by atoms with Crippen LogP contribution >= 0.6 is 11.8 Å². The van der Waals surface area contributed by atoms with E-state index in [1.54, 1.807) is 18.7 Å². The molecule has 1 heterocycles. The van der Waals surface area contributed by atoms with Crippen molar-refractivity contribution in [2.24, 2.45) is 0 Å². The summed E-state index contributed by atoms with van der Waals surface area (Å²) in [6, 6.07) is 8.57. The first-order chi connectivity index (χ1) is 10.1. The number of nitrogens with one attached hydrogen (secondary N) is 1. The van der Waals surface area contributed by atoms with E-state index in [0.717, 1.165) is 16.2 Å². The molecule has 1 aromatic carbocycles. The molecule has 2 N–H and O–H groups in total. The number of thioether (sulfide) groups is 1. The second-order valence-corrected chi connectivity index (χ2v) is 5.60. The third-order valence-electron chi connectivity index (χ3n) is 3.04. The number of carboxylic acids is 1. The molecule has 1 aliphatic heterocycles. The molecule has 2 rings (SSSR count). The molecular weight excluding hydrogens is 290 g/mol. The fourth-order valence-electron chi connectivity index (χ4n) is 1.95. The Morgan fingerprint density at radius 1 is 1.38 bits per heavy atom. The Kier molecular flexibility index (Phi) is 5.27. The summed E-state index contributed by atoms with van der Waals surface area (Å²) in [7, 11) is 0. The topological polar surface area (TPSA) is 75.6 Å². The maximum Gasteiger partial charge on any atom is 0.326 e. The number of aliphatic carboxylic acids is 1. The van der Waals surface area contributed by atoms with Crippen molar-refractivity contribution in [3.8, 4) is 0 Å². The van der Waals surface area contributed by atoms with Gasteiger partial charge in [0.05, 0.1) is 11.5 Å². The molecule has 0 aromatic heterocycles. The highest BCUT2D eigenvalue weighted by atomic mass is 32.2. The second kappa shape index (κ2) is 7.17. The number of amides is 1. The van der Waals surface area contributed by atoms with Gasteiger partial charge >= 0.3 is 5.97 Å². The van der Waals surface area contributed by atoms with Crippen molar-refractivity contribution in [3.05, 3.63) is 41.7 Å². The zero-order valence-corrected chi connectivity index (χ0v) is 12.5. The van der Waals surface area contributed by atoms with E-state index in [-0.39, 0.29) is 5.76 Å². The molecule has 1 atom stereocenters. The fraction of sp³-hybridized carbons (Fsp3) is 0.333. The number of rotatable bonds is 5. The molecule has 0 spiro atoms. The lowest BCUT2D eigenvalue weighted by Crippen LogP contribution is -2.41. The summed E-state index contributed by atoms with van der Waals surface area (Å²) in [5.41, 5.74) is 0.899. The fourth-order valence-corrected chi connectivity index (χ4v) is 2.91. The van der Waals surface area contributed by atoms with Crippen LogP contribution in [0, 0.1) is 0 Å². The zero-order valence-electron chi connectivity index (χ0n) is 11.7. The average molecular weight is 307 g/mol. The number of hydrogen-bond donors (Lipinski definition) is 2. The summed E-state index contributed by atoms with van der Waals surface area (Å²) in [6.45, 7) is 2.15. The lowest BCUT2D eigenvalue weighted by Gasteiger charge is -2.21. The molecule has 21 heavy (non-hydrogen) atoms. The summed E-state index contributed by atoms with van der Waals surface area (Å²) in [4.78, 5) is 24.1. The Morgan fingerprint density at radius 2 is 2.10 bits per heavy atom. The molecule has 0 bridgehead atoms. The van der Waals surface area contributed by atoms with Gasteiger partial charge in [-0.15, -0.1) is 11.8 Å². The number of carboxylic acid groups (broad SMARTS) is 1. The van der Waals surface area contributed by atoms with Gasteiger partial charge in [-0.1, -0.05) is 37.3 Å². The van der Waals surface area contributed by atoms with Gasteiger partial charge < -0.3 is 15.2 Å². The molecule has 0 saturated carbocycles. The van der Waals surface area contributed by atoms with Gasteiger partial charge in [-0.2, -0.15) is 0 Å². The van der Waals surface area contributed by atoms with E-state index in [1.165, 1.54) is 0 Å². The molecular formula is C15H17NO4S. The normalized spacial score (nSPS) is 16.0. The van der Waals surface area contributed by atoms with E-state index < -0.39 is 17.9 Å². The van der Waals surface area contributed by atoms with Gasteiger partial charge in [-0.3, -0.25) is 4.79 Å². The molecule has 6 heteroatoms. The van der Waals surface area contributed by atoms with Crippen LogP contribution < -0.4 is 5.32 Å². The molecule has 112 valence electrons. The molecule has 5 nitrogen and oxygen atoms in total. The summed E-state index contributed by atoms with van der Waals surface area (Å²) in [5, 5.41) is 11.5. The van der Waals surface area contributed by atoms with E-state index >= 15 is 0 Å². The van der Waals surface area contributed by atoms with E-state index in [1.807, 2.05) is 30.3 Å². The number of hydrogen-bond acceptors (Lipinski definition) is 4. The largest absolute Gasteiger partial charge is 0.486 e. The molecule has 0 radical (unpaired) electrons. The minimum absolute atomic E-state index is 0.206. The third-order valence-corrected chi connectivity index (χ3v) is 4.12. The standard InChI is InChI=1S/C15H17NO4S/c1-2-11(15(18)19)16-14(17)12-13(21-9-8-20-12)10-6-4-3-5-7-10/h3-7,11H,2,8-9H2,1H3,(H,16,17)(H,18,19)/t11-/m0/s1. The van der Waals surface area contributed by atoms with Crippen LogP contribution in [0.5, 0.6) is 0 Å². The van der Waals surface area contributed by atoms with E-state index in [4.69, 9.17) is 9.84 Å². The smallest absolute Gasteiger partial charge is 0.326 e. The Morgan fingerprint density at radius 3 is 2.71 bits per heavy atom. The minimum atomic E-state index is -1.05. The lowest BCUT2D eigenvalue weighted by atomic mass is 10.1. The first kappa shape index (κ1) is 15.4. The maximum absolute atomic E-state index is 12.3. The lowest BCUT2D eigenvalue weighted by molar-refractivity contribution is -0.141. The number of carbonyl (C=O) groups is 2. The van der Waals surface area contributed by atoms with Crippen LogP contribution in [0.2, 0.25) is 0 Å². The van der Waals surface area contributed by atoms with Crippen LogP contribution in [0.15, 0.2) is 36.1 Å². The number of ether oxygens (including phenoxy) is 1. The summed E-state index contributed by atoms with van der Waals surface area (Å²) in [5.74, 6) is -0.555. The van der Waals surface area contributed by atoms with Crippen molar-refractivity contribution in [1.82, 2.24) is 5.32 Å². The first-order valence-corrected chi connectivity index (χ1v) is 7.71. The Balaban J connectivity index is 2.27. The molecule has 1 aromatic rings. The summed E-state index contributed by atoms with van der Waals surface area (Å²) < 4.78 is 5.49. The molecule has 0 saturated heterocycles. The van der Waals surface area contributed by atoms with Crippen LogP contribution in [-0.2, 0) is 14.3 Å². The van der Waals surface area contributed by atoms with Gasteiger partial charge in [0, 0.05) is 5.75 Å². The van der Waals surface area contributed by atoms with Crippen LogP contribution in [0.3, 0.4) is 0 Å². The zero-order chi connectivity index (χ0) is 15.2. The first-order valence-electron chi connectivity index (χ1n) is 6.72. The van der Waals surface area contributed by atoms with Gasteiger partial charge in [0.25, 0.3) is 5.91 Å². The number of benzene rings is 1. The van der Waals surface area contributed by atoms with Crippen LogP contribution in [0.25, 0.3) is 4.91 Å². The van der Waals surface area contributed by atoms with Crippen molar-refractivity contribution in [2.45, 2.75) is 19.4 Å². The van der Waals surface area contributed by atoms with Crippen molar-refractivity contribution in [3.63, 3.8) is 0 Å². The van der Waals surface area contributed by atoms with Crippen LogP contribution in [0.1, 0.15) is 18.9 Å². The van der Waals surface area contributed by atoms with Crippen LogP contribution in [-0.4, -0.2) is 35.4 Å². The Hall–Kier alpha value is -1.95. The highest BCUT2D eigenvalue weighted by Crippen LogP contribution is 2.34. The Bertz CT molecular complexity index is 556. The molecule has 1 aliphatic rings. The summed E-state index contributed by atoms with van der Waals surface area (Å²) >= 11 is 1.54. The van der Waals surface area contributed by atoms with Gasteiger partial charge in [0.2, 0.25) is 0 Å². The maximum atomic E-state index is 12.3.